The van der Waals surface area contributed by atoms with E-state index in [2.05, 4.69) is 11.8 Å². The van der Waals surface area contributed by atoms with Crippen molar-refractivity contribution in [1.29, 1.82) is 5.41 Å². The Hall–Kier alpha value is -0.570. The zero-order valence-electron chi connectivity index (χ0n) is 7.97. The second-order valence-corrected chi connectivity index (χ2v) is 3.25. The summed E-state index contributed by atoms with van der Waals surface area (Å²) in [7, 11) is 0. The molecule has 1 fully saturated rings. The molecule has 0 saturated carbocycles. The van der Waals surface area contributed by atoms with Crippen molar-refractivity contribution >= 4 is 5.84 Å². The molecule has 1 unspecified atom stereocenters. The average molecular weight is 170 g/mol. The Balaban J connectivity index is 2.30. The van der Waals surface area contributed by atoms with Crippen molar-refractivity contribution in [3.05, 3.63) is 0 Å². The number of nitrogens with one attached hydrogen (secondary N) is 1. The molecular weight excluding hydrogens is 152 g/mol. The Morgan fingerprint density at radius 3 is 2.92 bits per heavy atom. The van der Waals surface area contributed by atoms with Crippen LogP contribution in [0.5, 0.6) is 0 Å². The number of ether oxygens (including phenoxy) is 1. The minimum atomic E-state index is 0.375. The van der Waals surface area contributed by atoms with Gasteiger partial charge in [0.2, 0.25) is 0 Å². The summed E-state index contributed by atoms with van der Waals surface area (Å²) in [4.78, 5) is 2.13. The molecular formula is C9H18N2O. The van der Waals surface area contributed by atoms with Crippen molar-refractivity contribution in [1.82, 2.24) is 4.90 Å². The van der Waals surface area contributed by atoms with E-state index in [0.717, 1.165) is 38.4 Å². The van der Waals surface area contributed by atoms with Gasteiger partial charge in [0.25, 0.3) is 0 Å². The normalized spacial score (nSPS) is 20.2. The quantitative estimate of drug-likeness (QED) is 0.694. The lowest BCUT2D eigenvalue weighted by Crippen LogP contribution is -2.36. The van der Waals surface area contributed by atoms with Crippen LogP contribution in [0.1, 0.15) is 26.7 Å². The number of nitrogens with zero attached hydrogens (tertiary/aromatic N) is 1. The van der Waals surface area contributed by atoms with E-state index in [0.29, 0.717) is 6.04 Å². The van der Waals surface area contributed by atoms with E-state index in [1.165, 1.54) is 0 Å². The van der Waals surface area contributed by atoms with Gasteiger partial charge in [-0.2, -0.15) is 0 Å². The predicted molar refractivity (Wildman–Crippen MR) is 49.6 cm³/mol. The van der Waals surface area contributed by atoms with Crippen molar-refractivity contribution in [2.24, 2.45) is 0 Å². The third-order valence-electron chi connectivity index (χ3n) is 2.25. The summed E-state index contributed by atoms with van der Waals surface area (Å²) < 4.78 is 5.32. The molecule has 1 atom stereocenters. The van der Waals surface area contributed by atoms with E-state index in [1.54, 1.807) is 0 Å². The van der Waals surface area contributed by atoms with Gasteiger partial charge in [-0.3, -0.25) is 5.41 Å². The van der Waals surface area contributed by atoms with E-state index in [1.807, 2.05) is 6.92 Å². The highest BCUT2D eigenvalue weighted by atomic mass is 16.5. The summed E-state index contributed by atoms with van der Waals surface area (Å²) in [5.41, 5.74) is 0. The lowest BCUT2D eigenvalue weighted by molar-refractivity contribution is 0.103. The van der Waals surface area contributed by atoms with Gasteiger partial charge >= 0.3 is 0 Å². The first-order valence-electron chi connectivity index (χ1n) is 4.67. The third-order valence-corrected chi connectivity index (χ3v) is 2.25. The zero-order valence-corrected chi connectivity index (χ0v) is 7.97. The first-order valence-corrected chi connectivity index (χ1v) is 4.67. The van der Waals surface area contributed by atoms with E-state index in [9.17, 15) is 0 Å². The van der Waals surface area contributed by atoms with E-state index in [-0.39, 0.29) is 0 Å². The fourth-order valence-corrected chi connectivity index (χ4v) is 1.56. The zero-order chi connectivity index (χ0) is 8.97. The molecule has 12 heavy (non-hydrogen) atoms. The predicted octanol–water partition coefficient (Wildman–Crippen LogP) is 1.48. The minimum absolute atomic E-state index is 0.375. The highest BCUT2D eigenvalue weighted by Crippen LogP contribution is 2.13. The molecule has 0 aliphatic carbocycles. The van der Waals surface area contributed by atoms with Crippen LogP contribution in [0.2, 0.25) is 0 Å². The molecule has 1 heterocycles. The molecule has 1 aliphatic rings. The summed E-state index contributed by atoms with van der Waals surface area (Å²) in [6, 6.07) is 0.375. The molecule has 1 rings (SSSR count). The van der Waals surface area contributed by atoms with Crippen LogP contribution in [0.3, 0.4) is 0 Å². The molecule has 0 aromatic heterocycles. The van der Waals surface area contributed by atoms with Gasteiger partial charge in [0, 0.05) is 19.6 Å². The first kappa shape index (κ1) is 9.52. The maximum Gasteiger partial charge on any atom is 0.0961 e. The molecule has 1 aliphatic heterocycles. The maximum absolute atomic E-state index is 7.64. The van der Waals surface area contributed by atoms with Crippen molar-refractivity contribution in [3.8, 4) is 0 Å². The summed E-state index contributed by atoms with van der Waals surface area (Å²) in [5, 5.41) is 7.64. The monoisotopic (exact) mass is 170 g/mol. The van der Waals surface area contributed by atoms with Crippen LogP contribution in [-0.2, 0) is 4.74 Å². The smallest absolute Gasteiger partial charge is 0.0961 e. The number of hydrogen-bond donors (Lipinski definition) is 1. The average Bonchev–Trinajstić information content (AvgIpc) is 2.47. The minimum Gasteiger partial charge on any atom is -0.380 e. The third kappa shape index (κ3) is 2.21. The number of likely N-dealkylation sites (tertiary alicyclic amines) is 1. The first-order chi connectivity index (χ1) is 5.75. The van der Waals surface area contributed by atoms with Gasteiger partial charge < -0.3 is 9.64 Å². The Morgan fingerprint density at radius 2 is 2.42 bits per heavy atom. The van der Waals surface area contributed by atoms with Crippen LogP contribution >= 0.6 is 0 Å². The van der Waals surface area contributed by atoms with E-state index >= 15 is 0 Å². The summed E-state index contributed by atoms with van der Waals surface area (Å²) in [6.07, 6.45) is 2.08. The van der Waals surface area contributed by atoms with Gasteiger partial charge in [0.05, 0.1) is 18.5 Å². The standard InChI is InChI=1S/C9H18N2O/c1-3-12-7-8(2)11-6-4-5-9(11)10/h8,10H,3-7H2,1-2H3. The van der Waals surface area contributed by atoms with Crippen molar-refractivity contribution in [3.63, 3.8) is 0 Å². The second kappa shape index (κ2) is 4.45. The Bertz CT molecular complexity index is 159. The fraction of sp³-hybridized carbons (Fsp3) is 0.889. The Kier molecular flexibility index (Phi) is 3.53. The van der Waals surface area contributed by atoms with Crippen LogP contribution in [0.15, 0.2) is 0 Å². The fourth-order valence-electron chi connectivity index (χ4n) is 1.56. The molecule has 0 radical (unpaired) electrons. The molecule has 1 N–H and O–H groups in total. The summed E-state index contributed by atoms with van der Waals surface area (Å²) in [5.74, 6) is 0.780. The van der Waals surface area contributed by atoms with Crippen LogP contribution in [0.4, 0.5) is 0 Å². The molecule has 3 heteroatoms. The highest BCUT2D eigenvalue weighted by Gasteiger charge is 2.21. The molecule has 0 spiro atoms. The summed E-state index contributed by atoms with van der Waals surface area (Å²) in [6.45, 7) is 6.68. The lowest BCUT2D eigenvalue weighted by Gasteiger charge is -2.25. The molecule has 1 saturated heterocycles. The summed E-state index contributed by atoms with van der Waals surface area (Å²) >= 11 is 0. The van der Waals surface area contributed by atoms with Gasteiger partial charge in [-0.25, -0.2) is 0 Å². The topological polar surface area (TPSA) is 36.3 Å². The molecule has 0 bridgehead atoms. The molecule has 0 aromatic carbocycles. The molecule has 0 aromatic rings. The largest absolute Gasteiger partial charge is 0.380 e. The van der Waals surface area contributed by atoms with E-state index < -0.39 is 0 Å². The van der Waals surface area contributed by atoms with Crippen molar-refractivity contribution in [2.75, 3.05) is 19.8 Å². The van der Waals surface area contributed by atoms with Crippen LogP contribution in [-0.4, -0.2) is 36.5 Å². The lowest BCUT2D eigenvalue weighted by atomic mass is 10.3. The highest BCUT2D eigenvalue weighted by molar-refractivity contribution is 5.81. The molecule has 3 nitrogen and oxygen atoms in total. The number of hydrogen-bond acceptors (Lipinski definition) is 2. The van der Waals surface area contributed by atoms with Crippen LogP contribution in [0.25, 0.3) is 0 Å². The molecule has 0 amide bonds. The van der Waals surface area contributed by atoms with Crippen molar-refractivity contribution in [2.45, 2.75) is 32.7 Å². The van der Waals surface area contributed by atoms with Gasteiger partial charge in [0.1, 0.15) is 0 Å². The van der Waals surface area contributed by atoms with Gasteiger partial charge in [-0.15, -0.1) is 0 Å². The van der Waals surface area contributed by atoms with E-state index in [4.69, 9.17) is 10.1 Å². The Morgan fingerprint density at radius 1 is 1.67 bits per heavy atom. The van der Waals surface area contributed by atoms with Crippen LogP contribution < -0.4 is 0 Å². The number of rotatable bonds is 4. The second-order valence-electron chi connectivity index (χ2n) is 3.25. The van der Waals surface area contributed by atoms with Gasteiger partial charge in [0.15, 0.2) is 0 Å². The van der Waals surface area contributed by atoms with Gasteiger partial charge in [-0.1, -0.05) is 0 Å². The Labute approximate surface area is 74.2 Å². The van der Waals surface area contributed by atoms with Crippen molar-refractivity contribution < 1.29 is 4.74 Å². The molecule has 70 valence electrons. The SMILES string of the molecule is CCOCC(C)N1CCCC1=N. The van der Waals surface area contributed by atoms with Crippen LogP contribution in [0, 0.1) is 5.41 Å². The number of amidine groups is 1. The maximum atomic E-state index is 7.64. The van der Waals surface area contributed by atoms with Gasteiger partial charge in [-0.05, 0) is 20.3 Å².